The first-order valence-corrected chi connectivity index (χ1v) is 10.4. The van der Waals surface area contributed by atoms with Crippen LogP contribution in [-0.4, -0.2) is 35.6 Å². The van der Waals surface area contributed by atoms with Crippen LogP contribution in [0.2, 0.25) is 0 Å². The number of para-hydroxylation sites is 2. The van der Waals surface area contributed by atoms with E-state index in [9.17, 15) is 4.79 Å². The molecule has 0 bridgehead atoms. The quantitative estimate of drug-likeness (QED) is 0.662. The first-order valence-electron chi connectivity index (χ1n) is 10.4. The third-order valence-electron chi connectivity index (χ3n) is 5.27. The Morgan fingerprint density at radius 3 is 2.57 bits per heavy atom. The summed E-state index contributed by atoms with van der Waals surface area (Å²) < 4.78 is 5.62. The van der Waals surface area contributed by atoms with Crippen LogP contribution >= 0.6 is 0 Å². The lowest BCUT2D eigenvalue weighted by molar-refractivity contribution is -0.120. The summed E-state index contributed by atoms with van der Waals surface area (Å²) in [4.78, 5) is 24.1. The summed E-state index contributed by atoms with van der Waals surface area (Å²) >= 11 is 0. The van der Waals surface area contributed by atoms with Gasteiger partial charge in [-0.1, -0.05) is 42.5 Å². The number of aromatic nitrogens is 2. The zero-order valence-electron chi connectivity index (χ0n) is 17.1. The molecule has 1 aromatic heterocycles. The van der Waals surface area contributed by atoms with E-state index in [1.807, 2.05) is 73.9 Å². The first kappa shape index (κ1) is 19.9. The second-order valence-corrected chi connectivity index (χ2v) is 7.34. The number of carbonyl (C=O) groups is 1. The third kappa shape index (κ3) is 4.59. The predicted molar refractivity (Wildman–Crippen MR) is 119 cm³/mol. The fraction of sp³-hybridized carbons (Fsp3) is 0.292. The van der Waals surface area contributed by atoms with Gasteiger partial charge in [-0.2, -0.15) is 0 Å². The summed E-state index contributed by atoms with van der Waals surface area (Å²) in [6.07, 6.45) is 5.47. The summed E-state index contributed by atoms with van der Waals surface area (Å²) in [7, 11) is 0. The van der Waals surface area contributed by atoms with Gasteiger partial charge in [-0.25, -0.2) is 9.97 Å². The van der Waals surface area contributed by atoms with Crippen molar-refractivity contribution in [2.45, 2.75) is 19.8 Å². The van der Waals surface area contributed by atoms with Crippen molar-refractivity contribution in [2.24, 2.45) is 5.92 Å². The highest BCUT2D eigenvalue weighted by molar-refractivity contribution is 5.94. The van der Waals surface area contributed by atoms with E-state index in [0.29, 0.717) is 30.5 Å². The number of hydrogen-bond acceptors (Lipinski definition) is 5. The topological polar surface area (TPSA) is 67.3 Å². The second-order valence-electron chi connectivity index (χ2n) is 7.34. The molecule has 1 fully saturated rings. The molecule has 2 aromatic carbocycles. The van der Waals surface area contributed by atoms with Gasteiger partial charge in [-0.3, -0.25) is 4.79 Å². The molecular weight excluding hydrogens is 376 g/mol. The highest BCUT2D eigenvalue weighted by Gasteiger charge is 2.27. The van der Waals surface area contributed by atoms with Crippen molar-refractivity contribution in [1.82, 2.24) is 9.97 Å². The molecule has 0 saturated carbocycles. The van der Waals surface area contributed by atoms with E-state index in [2.05, 4.69) is 20.2 Å². The van der Waals surface area contributed by atoms with Crippen molar-refractivity contribution >= 4 is 17.5 Å². The van der Waals surface area contributed by atoms with E-state index in [1.165, 1.54) is 0 Å². The molecule has 1 unspecified atom stereocenters. The summed E-state index contributed by atoms with van der Waals surface area (Å²) in [6, 6.07) is 17.6. The minimum absolute atomic E-state index is 0.00718. The zero-order chi connectivity index (χ0) is 20.8. The molecule has 154 valence electrons. The SMILES string of the molecule is CCOc1ccccc1NC(=O)C1CCCN(c2ncc(-c3ccccc3)cn2)C1. The summed E-state index contributed by atoms with van der Waals surface area (Å²) in [6.45, 7) is 3.94. The maximum atomic E-state index is 12.9. The van der Waals surface area contributed by atoms with Crippen molar-refractivity contribution in [3.05, 3.63) is 67.0 Å². The maximum Gasteiger partial charge on any atom is 0.229 e. The smallest absolute Gasteiger partial charge is 0.229 e. The molecule has 0 spiro atoms. The number of anilines is 2. The van der Waals surface area contributed by atoms with E-state index in [0.717, 1.165) is 30.5 Å². The van der Waals surface area contributed by atoms with Crippen molar-refractivity contribution in [3.8, 4) is 16.9 Å². The van der Waals surface area contributed by atoms with Crippen LogP contribution in [0.25, 0.3) is 11.1 Å². The number of nitrogens with zero attached hydrogens (tertiary/aromatic N) is 3. The molecule has 0 aliphatic carbocycles. The average Bonchev–Trinajstić information content (AvgIpc) is 2.81. The number of rotatable bonds is 6. The zero-order valence-corrected chi connectivity index (χ0v) is 17.1. The van der Waals surface area contributed by atoms with Crippen LogP contribution in [0.3, 0.4) is 0 Å². The molecule has 0 radical (unpaired) electrons. The van der Waals surface area contributed by atoms with Gasteiger partial charge in [-0.05, 0) is 37.5 Å². The Labute approximate surface area is 176 Å². The van der Waals surface area contributed by atoms with Gasteiger partial charge in [0.05, 0.1) is 18.2 Å². The van der Waals surface area contributed by atoms with Crippen LogP contribution in [0.5, 0.6) is 5.75 Å². The molecule has 1 aliphatic heterocycles. The van der Waals surface area contributed by atoms with Gasteiger partial charge in [0.2, 0.25) is 11.9 Å². The number of amides is 1. The fourth-order valence-electron chi connectivity index (χ4n) is 3.72. The number of nitrogens with one attached hydrogen (secondary N) is 1. The Balaban J connectivity index is 1.42. The molecule has 1 amide bonds. The van der Waals surface area contributed by atoms with Gasteiger partial charge in [0.25, 0.3) is 0 Å². The monoisotopic (exact) mass is 402 g/mol. The van der Waals surface area contributed by atoms with Crippen LogP contribution in [0.4, 0.5) is 11.6 Å². The van der Waals surface area contributed by atoms with Crippen molar-refractivity contribution < 1.29 is 9.53 Å². The molecule has 1 N–H and O–H groups in total. The number of piperidine rings is 1. The van der Waals surface area contributed by atoms with Crippen LogP contribution < -0.4 is 15.0 Å². The van der Waals surface area contributed by atoms with Gasteiger partial charge in [0.1, 0.15) is 5.75 Å². The minimum Gasteiger partial charge on any atom is -0.492 e. The van der Waals surface area contributed by atoms with Gasteiger partial charge >= 0.3 is 0 Å². The van der Waals surface area contributed by atoms with E-state index in [4.69, 9.17) is 4.74 Å². The Morgan fingerprint density at radius 1 is 1.07 bits per heavy atom. The van der Waals surface area contributed by atoms with Crippen LogP contribution in [-0.2, 0) is 4.79 Å². The lowest BCUT2D eigenvalue weighted by Crippen LogP contribution is -2.41. The fourth-order valence-corrected chi connectivity index (χ4v) is 3.72. The second kappa shape index (κ2) is 9.39. The normalized spacial score (nSPS) is 16.2. The van der Waals surface area contributed by atoms with E-state index < -0.39 is 0 Å². The van der Waals surface area contributed by atoms with Gasteiger partial charge in [0, 0.05) is 31.0 Å². The molecule has 4 rings (SSSR count). The number of ether oxygens (including phenoxy) is 1. The molecule has 30 heavy (non-hydrogen) atoms. The molecule has 1 saturated heterocycles. The molecule has 2 heterocycles. The Morgan fingerprint density at radius 2 is 1.80 bits per heavy atom. The summed E-state index contributed by atoms with van der Waals surface area (Å²) in [5.74, 6) is 1.25. The van der Waals surface area contributed by atoms with E-state index in [1.54, 1.807) is 0 Å². The van der Waals surface area contributed by atoms with Crippen LogP contribution in [0.1, 0.15) is 19.8 Å². The first-order chi connectivity index (χ1) is 14.7. The lowest BCUT2D eigenvalue weighted by atomic mass is 9.97. The van der Waals surface area contributed by atoms with Gasteiger partial charge in [-0.15, -0.1) is 0 Å². The van der Waals surface area contributed by atoms with E-state index >= 15 is 0 Å². The summed E-state index contributed by atoms with van der Waals surface area (Å²) in [5, 5.41) is 3.04. The number of carbonyl (C=O) groups excluding carboxylic acids is 1. The molecule has 1 aliphatic rings. The van der Waals surface area contributed by atoms with Crippen LogP contribution in [0, 0.1) is 5.92 Å². The van der Waals surface area contributed by atoms with Gasteiger partial charge in [0.15, 0.2) is 0 Å². The molecular formula is C24H26N4O2. The highest BCUT2D eigenvalue weighted by atomic mass is 16.5. The Hall–Kier alpha value is -3.41. The van der Waals surface area contributed by atoms with Crippen molar-refractivity contribution in [1.29, 1.82) is 0 Å². The largest absolute Gasteiger partial charge is 0.492 e. The lowest BCUT2D eigenvalue weighted by Gasteiger charge is -2.32. The predicted octanol–water partition coefficient (Wildman–Crippen LogP) is 4.40. The number of benzene rings is 2. The molecule has 6 nitrogen and oxygen atoms in total. The number of hydrogen-bond donors (Lipinski definition) is 1. The van der Waals surface area contributed by atoms with E-state index in [-0.39, 0.29) is 11.8 Å². The molecule has 1 atom stereocenters. The van der Waals surface area contributed by atoms with Crippen LogP contribution in [0.15, 0.2) is 67.0 Å². The minimum atomic E-state index is -0.120. The standard InChI is InChI=1S/C24H26N4O2/c1-2-30-22-13-7-6-12-21(22)27-23(29)19-11-8-14-28(17-19)24-25-15-20(16-26-24)18-9-4-3-5-10-18/h3-7,9-10,12-13,15-16,19H,2,8,11,14,17H2,1H3,(H,27,29). The average molecular weight is 402 g/mol. The third-order valence-corrected chi connectivity index (χ3v) is 5.27. The Kier molecular flexibility index (Phi) is 6.23. The highest BCUT2D eigenvalue weighted by Crippen LogP contribution is 2.27. The Bertz CT molecular complexity index is 976. The molecule has 6 heteroatoms. The molecule has 3 aromatic rings. The van der Waals surface area contributed by atoms with Gasteiger partial charge < -0.3 is 15.0 Å². The maximum absolute atomic E-state index is 12.9. The summed E-state index contributed by atoms with van der Waals surface area (Å²) in [5.41, 5.74) is 2.79. The van der Waals surface area contributed by atoms with Crippen molar-refractivity contribution in [3.63, 3.8) is 0 Å². The van der Waals surface area contributed by atoms with Crippen molar-refractivity contribution in [2.75, 3.05) is 29.9 Å².